The smallest absolute Gasteiger partial charge is 0.150 e. The monoisotopic (exact) mass is 242 g/mol. The molecule has 2 rings (SSSR count). The van der Waals surface area contributed by atoms with Crippen LogP contribution in [-0.2, 0) is 0 Å². The van der Waals surface area contributed by atoms with E-state index >= 15 is 0 Å². The summed E-state index contributed by atoms with van der Waals surface area (Å²) in [5.41, 5.74) is 5.54. The minimum Gasteiger partial charge on any atom is -0.497 e. The summed E-state index contributed by atoms with van der Waals surface area (Å²) in [4.78, 5) is 11.3. The van der Waals surface area contributed by atoms with E-state index in [9.17, 15) is 4.79 Å². The van der Waals surface area contributed by atoms with Gasteiger partial charge in [-0.1, -0.05) is 24.6 Å². The highest BCUT2D eigenvalue weighted by atomic mass is 16.5. The number of allylic oxidation sites excluding steroid dienone is 4. The Morgan fingerprint density at radius 1 is 1.28 bits per heavy atom. The van der Waals surface area contributed by atoms with E-state index in [-0.39, 0.29) is 0 Å². The van der Waals surface area contributed by atoms with Crippen LogP contribution in [0.4, 0.5) is 0 Å². The van der Waals surface area contributed by atoms with Crippen LogP contribution in [-0.4, -0.2) is 13.4 Å². The molecule has 0 aromatic heterocycles. The molecule has 18 heavy (non-hydrogen) atoms. The van der Waals surface area contributed by atoms with E-state index in [1.807, 2.05) is 12.1 Å². The number of aldehydes is 1. The van der Waals surface area contributed by atoms with Crippen molar-refractivity contribution >= 4 is 11.9 Å². The van der Waals surface area contributed by atoms with E-state index in [4.69, 9.17) is 4.74 Å². The highest BCUT2D eigenvalue weighted by Crippen LogP contribution is 2.39. The average Bonchev–Trinajstić information content (AvgIpc) is 2.62. The summed E-state index contributed by atoms with van der Waals surface area (Å²) in [5.74, 6) is 1.09. The van der Waals surface area contributed by atoms with Crippen LogP contribution in [0, 0.1) is 5.92 Å². The van der Waals surface area contributed by atoms with Crippen molar-refractivity contribution in [2.45, 2.75) is 20.8 Å². The minimum absolute atomic E-state index is 0.372. The lowest BCUT2D eigenvalue weighted by Crippen LogP contribution is -2.01. The third-order valence-electron chi connectivity index (χ3n) is 3.66. The molecule has 1 aromatic rings. The SMILES string of the molecule is COc1ccc(C2=C(C)C=C(C)C2C)c(C=O)c1. The summed E-state index contributed by atoms with van der Waals surface area (Å²) in [6, 6.07) is 5.68. The Balaban J connectivity index is 2.53. The van der Waals surface area contributed by atoms with Crippen LogP contribution in [0.3, 0.4) is 0 Å². The average molecular weight is 242 g/mol. The van der Waals surface area contributed by atoms with Crippen LogP contribution < -0.4 is 4.74 Å². The first-order chi connectivity index (χ1) is 8.58. The zero-order chi connectivity index (χ0) is 13.3. The van der Waals surface area contributed by atoms with Crippen molar-refractivity contribution in [3.63, 3.8) is 0 Å². The summed E-state index contributed by atoms with van der Waals surface area (Å²) in [6.07, 6.45) is 3.09. The molecule has 94 valence electrons. The van der Waals surface area contributed by atoms with Gasteiger partial charge in [-0.2, -0.15) is 0 Å². The van der Waals surface area contributed by atoms with Crippen molar-refractivity contribution in [1.82, 2.24) is 0 Å². The van der Waals surface area contributed by atoms with Gasteiger partial charge in [-0.3, -0.25) is 4.79 Å². The molecular weight excluding hydrogens is 224 g/mol. The molecule has 0 aliphatic heterocycles. The Bertz CT molecular complexity index is 550. The predicted molar refractivity (Wildman–Crippen MR) is 73.9 cm³/mol. The molecule has 0 spiro atoms. The van der Waals surface area contributed by atoms with Crippen molar-refractivity contribution in [3.8, 4) is 5.75 Å². The maximum absolute atomic E-state index is 11.3. The van der Waals surface area contributed by atoms with Crippen molar-refractivity contribution in [1.29, 1.82) is 0 Å². The highest BCUT2D eigenvalue weighted by Gasteiger charge is 2.22. The second-order valence-corrected chi connectivity index (χ2v) is 4.78. The molecular formula is C16H18O2. The van der Waals surface area contributed by atoms with Crippen molar-refractivity contribution in [2.75, 3.05) is 7.11 Å². The third-order valence-corrected chi connectivity index (χ3v) is 3.66. The zero-order valence-corrected chi connectivity index (χ0v) is 11.3. The van der Waals surface area contributed by atoms with Gasteiger partial charge in [0.05, 0.1) is 7.11 Å². The largest absolute Gasteiger partial charge is 0.497 e. The molecule has 0 N–H and O–H groups in total. The Labute approximate surface area is 108 Å². The summed E-state index contributed by atoms with van der Waals surface area (Å²) in [5, 5.41) is 0. The Hall–Kier alpha value is -1.83. The van der Waals surface area contributed by atoms with Crippen LogP contribution in [0.15, 0.2) is 35.4 Å². The topological polar surface area (TPSA) is 26.3 Å². The summed E-state index contributed by atoms with van der Waals surface area (Å²) in [6.45, 7) is 6.41. The van der Waals surface area contributed by atoms with Crippen molar-refractivity contribution in [3.05, 3.63) is 46.5 Å². The maximum Gasteiger partial charge on any atom is 0.150 e. The van der Waals surface area contributed by atoms with Crippen molar-refractivity contribution < 1.29 is 9.53 Å². The molecule has 1 aliphatic carbocycles. The van der Waals surface area contributed by atoms with E-state index in [2.05, 4.69) is 26.8 Å². The highest BCUT2D eigenvalue weighted by molar-refractivity contribution is 5.89. The molecule has 0 saturated heterocycles. The van der Waals surface area contributed by atoms with Gasteiger partial charge < -0.3 is 4.74 Å². The minimum atomic E-state index is 0.372. The fourth-order valence-corrected chi connectivity index (χ4v) is 2.57. The van der Waals surface area contributed by atoms with E-state index in [0.717, 1.165) is 17.6 Å². The number of hydrogen-bond acceptors (Lipinski definition) is 2. The summed E-state index contributed by atoms with van der Waals surface area (Å²) < 4.78 is 5.16. The van der Waals surface area contributed by atoms with Gasteiger partial charge in [0.25, 0.3) is 0 Å². The second-order valence-electron chi connectivity index (χ2n) is 4.78. The number of benzene rings is 1. The lowest BCUT2D eigenvalue weighted by molar-refractivity contribution is 0.112. The van der Waals surface area contributed by atoms with Gasteiger partial charge >= 0.3 is 0 Å². The Morgan fingerprint density at radius 2 is 2.00 bits per heavy atom. The lowest BCUT2D eigenvalue weighted by Gasteiger charge is -2.15. The molecule has 0 bridgehead atoms. The van der Waals surface area contributed by atoms with Gasteiger partial charge in [0.1, 0.15) is 5.75 Å². The van der Waals surface area contributed by atoms with E-state index in [1.54, 1.807) is 13.2 Å². The molecule has 0 heterocycles. The van der Waals surface area contributed by atoms with Crippen molar-refractivity contribution in [2.24, 2.45) is 5.92 Å². The van der Waals surface area contributed by atoms with Crippen LogP contribution in [0.5, 0.6) is 5.75 Å². The first-order valence-electron chi connectivity index (χ1n) is 6.11. The fraction of sp³-hybridized carbons (Fsp3) is 0.312. The fourth-order valence-electron chi connectivity index (χ4n) is 2.57. The van der Waals surface area contributed by atoms with Gasteiger partial charge in [-0.25, -0.2) is 0 Å². The van der Waals surface area contributed by atoms with Gasteiger partial charge in [0.2, 0.25) is 0 Å². The second kappa shape index (κ2) is 4.81. The van der Waals surface area contributed by atoms with Crippen LogP contribution >= 0.6 is 0 Å². The molecule has 2 nitrogen and oxygen atoms in total. The number of rotatable bonds is 3. The van der Waals surface area contributed by atoms with Crippen LogP contribution in [0.25, 0.3) is 5.57 Å². The normalized spacial score (nSPS) is 18.9. The molecule has 0 saturated carbocycles. The summed E-state index contributed by atoms with van der Waals surface area (Å²) >= 11 is 0. The third kappa shape index (κ3) is 1.99. The lowest BCUT2D eigenvalue weighted by atomic mass is 9.89. The van der Waals surface area contributed by atoms with E-state index in [1.165, 1.54) is 16.7 Å². The molecule has 0 radical (unpaired) electrons. The number of carbonyl (C=O) groups is 1. The van der Waals surface area contributed by atoms with Gasteiger partial charge in [-0.15, -0.1) is 0 Å². The van der Waals surface area contributed by atoms with Gasteiger partial charge in [0.15, 0.2) is 6.29 Å². The van der Waals surface area contributed by atoms with Gasteiger partial charge in [0, 0.05) is 11.5 Å². The quantitative estimate of drug-likeness (QED) is 0.752. The molecule has 1 unspecified atom stereocenters. The zero-order valence-electron chi connectivity index (χ0n) is 11.3. The molecule has 1 aromatic carbocycles. The molecule has 0 fully saturated rings. The maximum atomic E-state index is 11.3. The number of ether oxygens (including phenoxy) is 1. The molecule has 1 atom stereocenters. The number of carbonyl (C=O) groups excluding carboxylic acids is 1. The molecule has 1 aliphatic rings. The Kier molecular flexibility index (Phi) is 3.37. The molecule has 0 amide bonds. The van der Waals surface area contributed by atoms with Crippen LogP contribution in [0.2, 0.25) is 0 Å². The van der Waals surface area contributed by atoms with Crippen LogP contribution in [0.1, 0.15) is 36.7 Å². The van der Waals surface area contributed by atoms with Gasteiger partial charge in [-0.05, 0) is 42.7 Å². The predicted octanol–water partition coefficient (Wildman–Crippen LogP) is 3.88. The number of hydrogen-bond donors (Lipinski definition) is 0. The number of methoxy groups -OCH3 is 1. The van der Waals surface area contributed by atoms with E-state index in [0.29, 0.717) is 11.5 Å². The first-order valence-corrected chi connectivity index (χ1v) is 6.11. The van der Waals surface area contributed by atoms with E-state index < -0.39 is 0 Å². The summed E-state index contributed by atoms with van der Waals surface area (Å²) in [7, 11) is 1.61. The first kappa shape index (κ1) is 12.6. The molecule has 2 heteroatoms. The Morgan fingerprint density at radius 3 is 2.50 bits per heavy atom. The standard InChI is InChI=1S/C16H18O2/c1-10-7-11(2)16(12(10)3)15-6-5-14(18-4)8-13(15)9-17/h5-9,12H,1-4H3.